The third-order valence-electron chi connectivity index (χ3n) is 3.60. The van der Waals surface area contributed by atoms with Crippen LogP contribution in [0.15, 0.2) is 18.2 Å². The molecule has 5 N–H and O–H groups in total. The predicted molar refractivity (Wildman–Crippen MR) is 69.8 cm³/mol. The second-order valence-corrected chi connectivity index (χ2v) is 5.18. The lowest BCUT2D eigenvalue weighted by Gasteiger charge is -2.38. The van der Waals surface area contributed by atoms with Crippen LogP contribution in [0.5, 0.6) is 0 Å². The van der Waals surface area contributed by atoms with Crippen LogP contribution in [0.4, 0.5) is 11.4 Å². The quantitative estimate of drug-likeness (QED) is 0.695. The molecular formula is C13H19N3O. The molecule has 1 aliphatic rings. The molecule has 17 heavy (non-hydrogen) atoms. The van der Waals surface area contributed by atoms with Crippen molar-refractivity contribution in [2.75, 3.05) is 17.6 Å². The Balaban J connectivity index is 2.08. The highest BCUT2D eigenvalue weighted by Crippen LogP contribution is 2.40. The first-order chi connectivity index (χ1) is 8.00. The van der Waals surface area contributed by atoms with E-state index in [0.717, 1.165) is 12.2 Å². The molecule has 0 saturated heterocycles. The number of carbonyl (C=O) groups excluding carboxylic acids is 1. The minimum atomic E-state index is -0.428. The van der Waals surface area contributed by atoms with Gasteiger partial charge in [0.1, 0.15) is 0 Å². The van der Waals surface area contributed by atoms with Gasteiger partial charge >= 0.3 is 0 Å². The lowest BCUT2D eigenvalue weighted by atomic mass is 9.70. The number of nitrogens with two attached hydrogens (primary N) is 2. The summed E-state index contributed by atoms with van der Waals surface area (Å²) < 4.78 is 0. The fraction of sp³-hybridized carbons (Fsp3) is 0.462. The largest absolute Gasteiger partial charge is 0.397 e. The Morgan fingerprint density at radius 2 is 2.18 bits per heavy atom. The van der Waals surface area contributed by atoms with Crippen LogP contribution >= 0.6 is 0 Å². The van der Waals surface area contributed by atoms with E-state index in [1.54, 1.807) is 18.2 Å². The molecule has 2 rings (SSSR count). The maximum absolute atomic E-state index is 11.1. The van der Waals surface area contributed by atoms with Crippen LogP contribution in [0.25, 0.3) is 0 Å². The molecule has 1 aliphatic carbocycles. The number of primary amides is 1. The maximum atomic E-state index is 11.1. The molecule has 4 nitrogen and oxygen atoms in total. The Morgan fingerprint density at radius 1 is 1.47 bits per heavy atom. The van der Waals surface area contributed by atoms with Gasteiger partial charge in [-0.25, -0.2) is 0 Å². The molecule has 1 amide bonds. The van der Waals surface area contributed by atoms with Gasteiger partial charge < -0.3 is 16.8 Å². The number of anilines is 2. The van der Waals surface area contributed by atoms with Crippen molar-refractivity contribution in [1.82, 2.24) is 0 Å². The van der Waals surface area contributed by atoms with E-state index in [1.807, 2.05) is 0 Å². The number of nitrogens with one attached hydrogen (secondary N) is 1. The van der Waals surface area contributed by atoms with Crippen molar-refractivity contribution in [1.29, 1.82) is 0 Å². The first-order valence-electron chi connectivity index (χ1n) is 5.93. The Kier molecular flexibility index (Phi) is 2.96. The third-order valence-corrected chi connectivity index (χ3v) is 3.60. The second-order valence-electron chi connectivity index (χ2n) is 5.18. The van der Waals surface area contributed by atoms with E-state index in [0.29, 0.717) is 16.7 Å². The summed E-state index contributed by atoms with van der Waals surface area (Å²) in [6, 6.07) is 5.08. The van der Waals surface area contributed by atoms with Gasteiger partial charge in [-0.3, -0.25) is 4.79 Å². The fourth-order valence-corrected chi connectivity index (χ4v) is 2.13. The summed E-state index contributed by atoms with van der Waals surface area (Å²) in [6.07, 6.45) is 3.79. The summed E-state index contributed by atoms with van der Waals surface area (Å²) in [6.45, 7) is 3.15. The van der Waals surface area contributed by atoms with Crippen molar-refractivity contribution in [2.24, 2.45) is 11.1 Å². The Labute approximate surface area is 101 Å². The monoisotopic (exact) mass is 233 g/mol. The predicted octanol–water partition coefficient (Wildman–Crippen LogP) is 1.97. The standard InChI is InChI=1S/C13H19N3O/c1-13(5-2-6-13)8-16-11-7-9(12(15)17)3-4-10(11)14/h3-4,7,16H,2,5-6,8,14H2,1H3,(H2,15,17). The van der Waals surface area contributed by atoms with Crippen LogP contribution in [0.1, 0.15) is 36.5 Å². The third kappa shape index (κ3) is 2.52. The van der Waals surface area contributed by atoms with Crippen molar-refractivity contribution in [3.63, 3.8) is 0 Å². The minimum Gasteiger partial charge on any atom is -0.397 e. The van der Waals surface area contributed by atoms with Gasteiger partial charge in [-0.1, -0.05) is 13.3 Å². The SMILES string of the molecule is CC1(CNc2cc(C(N)=O)ccc2N)CCC1. The normalized spacial score (nSPS) is 17.2. The number of rotatable bonds is 4. The molecule has 0 spiro atoms. The van der Waals surface area contributed by atoms with Crippen LogP contribution in [0.3, 0.4) is 0 Å². The zero-order valence-electron chi connectivity index (χ0n) is 10.1. The van der Waals surface area contributed by atoms with Crippen LogP contribution in [0, 0.1) is 5.41 Å². The minimum absolute atomic E-state index is 0.370. The van der Waals surface area contributed by atoms with E-state index >= 15 is 0 Å². The number of amides is 1. The van der Waals surface area contributed by atoms with Gasteiger partial charge in [0.05, 0.1) is 11.4 Å². The van der Waals surface area contributed by atoms with Gasteiger partial charge in [0.15, 0.2) is 0 Å². The molecule has 92 valence electrons. The van der Waals surface area contributed by atoms with Gasteiger partial charge in [0.2, 0.25) is 5.91 Å². The van der Waals surface area contributed by atoms with E-state index in [1.165, 1.54) is 19.3 Å². The highest BCUT2D eigenvalue weighted by atomic mass is 16.1. The van der Waals surface area contributed by atoms with Crippen molar-refractivity contribution in [2.45, 2.75) is 26.2 Å². The molecule has 0 aromatic heterocycles. The lowest BCUT2D eigenvalue weighted by Crippen LogP contribution is -2.33. The van der Waals surface area contributed by atoms with E-state index in [4.69, 9.17) is 11.5 Å². The summed E-state index contributed by atoms with van der Waals surface area (Å²) in [5, 5.41) is 3.32. The summed E-state index contributed by atoms with van der Waals surface area (Å²) in [5.74, 6) is -0.428. The highest BCUT2D eigenvalue weighted by Gasteiger charge is 2.31. The number of carbonyl (C=O) groups is 1. The van der Waals surface area contributed by atoms with Crippen LogP contribution in [-0.2, 0) is 0 Å². The average Bonchev–Trinajstić information content (AvgIpc) is 2.25. The van der Waals surface area contributed by atoms with Gasteiger partial charge in [-0.15, -0.1) is 0 Å². The van der Waals surface area contributed by atoms with Crippen LogP contribution < -0.4 is 16.8 Å². The van der Waals surface area contributed by atoms with E-state index in [-0.39, 0.29) is 0 Å². The topological polar surface area (TPSA) is 81.1 Å². The summed E-state index contributed by atoms with van der Waals surface area (Å²) in [5.41, 5.74) is 13.4. The fourth-order valence-electron chi connectivity index (χ4n) is 2.13. The van der Waals surface area contributed by atoms with Gasteiger partial charge in [-0.2, -0.15) is 0 Å². The highest BCUT2D eigenvalue weighted by molar-refractivity contribution is 5.94. The van der Waals surface area contributed by atoms with Crippen molar-refractivity contribution in [3.8, 4) is 0 Å². The molecule has 0 unspecified atom stereocenters. The summed E-state index contributed by atoms with van der Waals surface area (Å²) in [4.78, 5) is 11.1. The molecule has 1 saturated carbocycles. The van der Waals surface area contributed by atoms with Crippen LogP contribution in [-0.4, -0.2) is 12.5 Å². The van der Waals surface area contributed by atoms with Gasteiger partial charge in [-0.05, 0) is 36.5 Å². The van der Waals surface area contributed by atoms with Crippen molar-refractivity contribution >= 4 is 17.3 Å². The Morgan fingerprint density at radius 3 is 2.71 bits per heavy atom. The van der Waals surface area contributed by atoms with Gasteiger partial charge in [0.25, 0.3) is 0 Å². The van der Waals surface area contributed by atoms with E-state index < -0.39 is 5.91 Å². The summed E-state index contributed by atoms with van der Waals surface area (Å²) in [7, 11) is 0. The number of benzene rings is 1. The molecule has 0 atom stereocenters. The molecule has 0 radical (unpaired) electrons. The van der Waals surface area contributed by atoms with Gasteiger partial charge in [0, 0.05) is 12.1 Å². The molecule has 0 heterocycles. The Hall–Kier alpha value is -1.71. The smallest absolute Gasteiger partial charge is 0.248 e. The molecule has 0 bridgehead atoms. The van der Waals surface area contributed by atoms with Crippen LogP contribution in [0.2, 0.25) is 0 Å². The molecule has 1 aromatic rings. The molecule has 4 heteroatoms. The molecular weight excluding hydrogens is 214 g/mol. The number of nitrogen functional groups attached to an aromatic ring is 1. The zero-order chi connectivity index (χ0) is 12.5. The molecule has 0 aliphatic heterocycles. The Bertz CT molecular complexity index is 438. The second kappa shape index (κ2) is 4.28. The average molecular weight is 233 g/mol. The first kappa shape index (κ1) is 11.8. The van der Waals surface area contributed by atoms with E-state index in [9.17, 15) is 4.79 Å². The lowest BCUT2D eigenvalue weighted by molar-refractivity contribution is 0.100. The molecule has 1 aromatic carbocycles. The van der Waals surface area contributed by atoms with Crippen molar-refractivity contribution in [3.05, 3.63) is 23.8 Å². The summed E-state index contributed by atoms with van der Waals surface area (Å²) >= 11 is 0. The number of hydrogen-bond donors (Lipinski definition) is 3. The number of hydrogen-bond acceptors (Lipinski definition) is 3. The van der Waals surface area contributed by atoms with Crippen molar-refractivity contribution < 1.29 is 4.79 Å². The molecule has 1 fully saturated rings. The first-order valence-corrected chi connectivity index (χ1v) is 5.93. The zero-order valence-corrected chi connectivity index (χ0v) is 10.1. The van der Waals surface area contributed by atoms with E-state index in [2.05, 4.69) is 12.2 Å². The maximum Gasteiger partial charge on any atom is 0.248 e.